The minimum Gasteiger partial charge on any atom is -0.508 e. The molecule has 1 fully saturated rings. The van der Waals surface area contributed by atoms with E-state index in [-0.39, 0.29) is 30.4 Å². The fourth-order valence-electron chi connectivity index (χ4n) is 3.88. The molecule has 0 unspecified atom stereocenters. The van der Waals surface area contributed by atoms with E-state index in [2.05, 4.69) is 10.0 Å². The number of rotatable bonds is 5. The van der Waals surface area contributed by atoms with Gasteiger partial charge in [0.25, 0.3) is 0 Å². The molecule has 1 saturated heterocycles. The summed E-state index contributed by atoms with van der Waals surface area (Å²) in [4.78, 5) is 29.0. The van der Waals surface area contributed by atoms with Crippen molar-refractivity contribution < 1.29 is 14.7 Å². The Balaban J connectivity index is 1.24. The van der Waals surface area contributed by atoms with Gasteiger partial charge in [0, 0.05) is 57.2 Å². The van der Waals surface area contributed by atoms with Gasteiger partial charge in [-0.15, -0.1) is 0 Å². The molecule has 2 amide bonds. The number of hydrazone groups is 1. The minimum atomic E-state index is -0.104. The third kappa shape index (κ3) is 4.62. The van der Waals surface area contributed by atoms with Gasteiger partial charge in [0.1, 0.15) is 5.75 Å². The molecular formula is C23H26N4O3. The average molecular weight is 406 g/mol. The number of carbonyl (C=O) groups excluding carboxylic acids is 2. The van der Waals surface area contributed by atoms with Crippen molar-refractivity contribution in [1.29, 1.82) is 0 Å². The molecule has 0 aliphatic carbocycles. The zero-order chi connectivity index (χ0) is 20.9. The lowest BCUT2D eigenvalue weighted by molar-refractivity contribution is -0.137. The van der Waals surface area contributed by atoms with Crippen LogP contribution in [0.25, 0.3) is 0 Å². The van der Waals surface area contributed by atoms with Crippen LogP contribution in [0.2, 0.25) is 0 Å². The summed E-state index contributed by atoms with van der Waals surface area (Å²) in [6, 6.07) is 17.0. The molecule has 2 aromatic carbocycles. The summed E-state index contributed by atoms with van der Waals surface area (Å²) in [5, 5.41) is 15.6. The first-order chi connectivity index (χ1) is 14.6. The first kappa shape index (κ1) is 19.9. The summed E-state index contributed by atoms with van der Waals surface area (Å²) in [7, 11) is 0. The Morgan fingerprint density at radius 1 is 0.867 bits per heavy atom. The van der Waals surface area contributed by atoms with Gasteiger partial charge in [-0.05, 0) is 17.7 Å². The standard InChI is InChI=1S/C23H26N4O3/c28-20-8-4-7-19(17-20)25-13-15-26(16-14-25)22(29)9-10-23(30)27-12-11-21(24-27)18-5-2-1-3-6-18/h1-8,17,28H,9-16H2. The molecule has 2 aliphatic heterocycles. The van der Waals surface area contributed by atoms with Crippen LogP contribution in [0.5, 0.6) is 5.75 Å². The highest BCUT2D eigenvalue weighted by atomic mass is 16.3. The number of amides is 2. The number of nitrogens with zero attached hydrogens (tertiary/aromatic N) is 4. The molecule has 0 bridgehead atoms. The number of hydrogen-bond acceptors (Lipinski definition) is 5. The van der Waals surface area contributed by atoms with Crippen LogP contribution in [0.4, 0.5) is 5.69 Å². The predicted molar refractivity (Wildman–Crippen MR) is 115 cm³/mol. The van der Waals surface area contributed by atoms with Gasteiger partial charge in [-0.1, -0.05) is 36.4 Å². The lowest BCUT2D eigenvalue weighted by Gasteiger charge is -2.36. The van der Waals surface area contributed by atoms with Crippen LogP contribution in [-0.2, 0) is 9.59 Å². The van der Waals surface area contributed by atoms with Crippen LogP contribution in [0.1, 0.15) is 24.8 Å². The number of phenolic OH excluding ortho intramolecular Hbond substituents is 1. The second-order valence-electron chi connectivity index (χ2n) is 7.57. The lowest BCUT2D eigenvalue weighted by Crippen LogP contribution is -2.48. The van der Waals surface area contributed by atoms with Gasteiger partial charge < -0.3 is 14.9 Å². The van der Waals surface area contributed by atoms with E-state index in [0.29, 0.717) is 32.7 Å². The van der Waals surface area contributed by atoms with E-state index < -0.39 is 0 Å². The van der Waals surface area contributed by atoms with Gasteiger partial charge >= 0.3 is 0 Å². The third-order valence-corrected chi connectivity index (χ3v) is 5.58. The van der Waals surface area contributed by atoms with Crippen molar-refractivity contribution in [3.63, 3.8) is 0 Å². The zero-order valence-corrected chi connectivity index (χ0v) is 16.9. The Labute approximate surface area is 176 Å². The van der Waals surface area contributed by atoms with Crippen molar-refractivity contribution in [2.45, 2.75) is 19.3 Å². The molecule has 30 heavy (non-hydrogen) atoms. The lowest BCUT2D eigenvalue weighted by atomic mass is 10.1. The first-order valence-corrected chi connectivity index (χ1v) is 10.4. The van der Waals surface area contributed by atoms with Crippen LogP contribution < -0.4 is 4.90 Å². The molecular weight excluding hydrogens is 380 g/mol. The van der Waals surface area contributed by atoms with Gasteiger partial charge in [0.05, 0.1) is 12.3 Å². The maximum absolute atomic E-state index is 12.6. The van der Waals surface area contributed by atoms with Gasteiger partial charge in [0.15, 0.2) is 0 Å². The number of hydrogen-bond donors (Lipinski definition) is 1. The Hall–Kier alpha value is -3.35. The molecule has 7 heteroatoms. The Kier molecular flexibility index (Phi) is 5.97. The largest absolute Gasteiger partial charge is 0.508 e. The highest BCUT2D eigenvalue weighted by Crippen LogP contribution is 2.21. The molecule has 4 rings (SSSR count). The topological polar surface area (TPSA) is 76.5 Å². The molecule has 0 radical (unpaired) electrons. The van der Waals surface area contributed by atoms with E-state index in [4.69, 9.17) is 0 Å². The Morgan fingerprint density at radius 3 is 2.33 bits per heavy atom. The van der Waals surface area contributed by atoms with Gasteiger partial charge in [0.2, 0.25) is 11.8 Å². The Morgan fingerprint density at radius 2 is 1.60 bits per heavy atom. The van der Waals surface area contributed by atoms with Crippen LogP contribution in [-0.4, -0.2) is 65.3 Å². The summed E-state index contributed by atoms with van der Waals surface area (Å²) in [5.41, 5.74) is 2.91. The van der Waals surface area contributed by atoms with Crippen molar-refractivity contribution in [3.05, 3.63) is 60.2 Å². The van der Waals surface area contributed by atoms with Crippen LogP contribution in [0, 0.1) is 0 Å². The normalized spacial score (nSPS) is 16.5. The Bertz CT molecular complexity index is 936. The highest BCUT2D eigenvalue weighted by Gasteiger charge is 2.25. The molecule has 156 valence electrons. The number of benzene rings is 2. The number of carbonyl (C=O) groups is 2. The zero-order valence-electron chi connectivity index (χ0n) is 16.9. The SMILES string of the molecule is O=C(CCC(=O)N1CCC(c2ccccc2)=N1)N1CCN(c2cccc(O)c2)CC1. The maximum atomic E-state index is 12.6. The molecule has 0 atom stereocenters. The molecule has 0 spiro atoms. The molecule has 0 aromatic heterocycles. The first-order valence-electron chi connectivity index (χ1n) is 10.4. The molecule has 2 aliphatic rings. The van der Waals surface area contributed by atoms with Crippen LogP contribution in [0.15, 0.2) is 59.7 Å². The minimum absolute atomic E-state index is 0.00497. The maximum Gasteiger partial charge on any atom is 0.243 e. The molecule has 1 N–H and O–H groups in total. The highest BCUT2D eigenvalue weighted by molar-refractivity contribution is 6.02. The van der Waals surface area contributed by atoms with E-state index >= 15 is 0 Å². The molecule has 0 saturated carbocycles. The van der Waals surface area contributed by atoms with E-state index in [0.717, 1.165) is 23.4 Å². The van der Waals surface area contributed by atoms with Crippen LogP contribution >= 0.6 is 0 Å². The predicted octanol–water partition coefficient (Wildman–Crippen LogP) is 2.46. The third-order valence-electron chi connectivity index (χ3n) is 5.58. The van der Waals surface area contributed by atoms with E-state index in [1.165, 1.54) is 5.01 Å². The van der Waals surface area contributed by atoms with Crippen molar-refractivity contribution in [2.24, 2.45) is 5.10 Å². The number of phenols is 1. The van der Waals surface area contributed by atoms with Gasteiger partial charge in [-0.25, -0.2) is 5.01 Å². The van der Waals surface area contributed by atoms with Crippen molar-refractivity contribution >= 4 is 23.2 Å². The van der Waals surface area contributed by atoms with Crippen molar-refractivity contribution in [1.82, 2.24) is 9.91 Å². The van der Waals surface area contributed by atoms with Crippen LogP contribution in [0.3, 0.4) is 0 Å². The number of aromatic hydroxyl groups is 1. The summed E-state index contributed by atoms with van der Waals surface area (Å²) >= 11 is 0. The number of piperazine rings is 1. The fraction of sp³-hybridized carbons (Fsp3) is 0.348. The van der Waals surface area contributed by atoms with E-state index in [1.807, 2.05) is 47.4 Å². The smallest absolute Gasteiger partial charge is 0.243 e. The monoisotopic (exact) mass is 406 g/mol. The molecule has 7 nitrogen and oxygen atoms in total. The van der Waals surface area contributed by atoms with Crippen molar-refractivity contribution in [3.8, 4) is 5.75 Å². The molecule has 2 heterocycles. The summed E-state index contributed by atoms with van der Waals surface area (Å²) in [6.07, 6.45) is 1.12. The molecule has 2 aromatic rings. The second kappa shape index (κ2) is 8.98. The number of anilines is 1. The van der Waals surface area contributed by atoms with E-state index in [1.54, 1.807) is 12.1 Å². The average Bonchev–Trinajstić information content (AvgIpc) is 3.28. The summed E-state index contributed by atoms with van der Waals surface area (Å²) in [5.74, 6) is 0.141. The van der Waals surface area contributed by atoms with Crippen molar-refractivity contribution in [2.75, 3.05) is 37.6 Å². The fourth-order valence-corrected chi connectivity index (χ4v) is 3.88. The quantitative estimate of drug-likeness (QED) is 0.828. The summed E-state index contributed by atoms with van der Waals surface area (Å²) < 4.78 is 0. The van der Waals surface area contributed by atoms with Gasteiger partial charge in [-0.3, -0.25) is 9.59 Å². The van der Waals surface area contributed by atoms with E-state index in [9.17, 15) is 14.7 Å². The van der Waals surface area contributed by atoms with Gasteiger partial charge in [-0.2, -0.15) is 5.10 Å². The second-order valence-corrected chi connectivity index (χ2v) is 7.57. The summed E-state index contributed by atoms with van der Waals surface area (Å²) in [6.45, 7) is 3.21.